The fourth-order valence-electron chi connectivity index (χ4n) is 4.28. The van der Waals surface area contributed by atoms with Crippen LogP contribution in [0.1, 0.15) is 25.7 Å². The minimum Gasteiger partial charge on any atom is -0.340 e. The van der Waals surface area contributed by atoms with Crippen LogP contribution >= 0.6 is 11.6 Å². The van der Waals surface area contributed by atoms with Crippen molar-refractivity contribution in [3.63, 3.8) is 0 Å². The highest BCUT2D eigenvalue weighted by Crippen LogP contribution is 2.41. The highest BCUT2D eigenvalue weighted by molar-refractivity contribution is 6.23. The first kappa shape index (κ1) is 19.7. The molecule has 26 heavy (non-hydrogen) atoms. The van der Waals surface area contributed by atoms with Crippen molar-refractivity contribution in [1.29, 1.82) is 0 Å². The summed E-state index contributed by atoms with van der Waals surface area (Å²) in [6.45, 7) is 1.28. The molecule has 0 radical (unpaired) electrons. The summed E-state index contributed by atoms with van der Waals surface area (Å²) in [4.78, 5) is 27.8. The van der Waals surface area contributed by atoms with Crippen LogP contribution in [-0.4, -0.2) is 71.9 Å². The molecule has 3 rings (SSSR count). The van der Waals surface area contributed by atoms with E-state index in [9.17, 15) is 22.8 Å². The van der Waals surface area contributed by atoms with Crippen LogP contribution in [0.5, 0.6) is 0 Å². The topological polar surface area (TPSA) is 64.7 Å². The molecule has 4 atom stereocenters. The predicted octanol–water partition coefficient (Wildman–Crippen LogP) is 1.11. The lowest BCUT2D eigenvalue weighted by Gasteiger charge is -2.43. The highest BCUT2D eigenvalue weighted by Gasteiger charge is 2.46. The second-order valence-electron chi connectivity index (χ2n) is 7.33. The third-order valence-electron chi connectivity index (χ3n) is 5.65. The fourth-order valence-corrected chi connectivity index (χ4v) is 4.63. The molecule has 0 aromatic carbocycles. The largest absolute Gasteiger partial charge is 0.392 e. The van der Waals surface area contributed by atoms with Crippen molar-refractivity contribution >= 4 is 23.4 Å². The van der Waals surface area contributed by atoms with Gasteiger partial charge < -0.3 is 4.90 Å². The van der Waals surface area contributed by atoms with Gasteiger partial charge in [0.1, 0.15) is 6.04 Å². The number of carbonyl (C=O) groups is 2. The number of amides is 2. The van der Waals surface area contributed by atoms with E-state index in [4.69, 9.17) is 11.6 Å². The first-order valence-electron chi connectivity index (χ1n) is 9.02. The first-order valence-corrected chi connectivity index (χ1v) is 9.46. The number of halogens is 4. The van der Waals surface area contributed by atoms with Crippen LogP contribution < -0.4 is 10.9 Å². The van der Waals surface area contributed by atoms with E-state index in [-0.39, 0.29) is 31.3 Å². The second-order valence-corrected chi connectivity index (χ2v) is 7.89. The Morgan fingerprint density at radius 3 is 2.54 bits per heavy atom. The molecule has 2 saturated heterocycles. The van der Waals surface area contributed by atoms with Gasteiger partial charge in [-0.3, -0.25) is 19.9 Å². The highest BCUT2D eigenvalue weighted by atomic mass is 35.5. The Hall–Kier alpha value is -1.06. The molecule has 148 valence electrons. The lowest BCUT2D eigenvalue weighted by atomic mass is 9.78. The summed E-state index contributed by atoms with van der Waals surface area (Å²) in [5.74, 6) is -2.40. The molecule has 2 heterocycles. The molecule has 1 aliphatic carbocycles. The van der Waals surface area contributed by atoms with Crippen molar-refractivity contribution in [3.05, 3.63) is 0 Å². The number of nitrogens with zero attached hydrogens (tertiary/aromatic N) is 2. The number of alkyl halides is 4. The van der Waals surface area contributed by atoms with Gasteiger partial charge in [0, 0.05) is 26.2 Å². The molecule has 6 nitrogen and oxygen atoms in total. The Morgan fingerprint density at radius 2 is 1.88 bits per heavy atom. The normalized spacial score (nSPS) is 34.7. The maximum atomic E-state index is 13.3. The molecule has 10 heteroatoms. The van der Waals surface area contributed by atoms with Crippen LogP contribution in [0.2, 0.25) is 0 Å². The molecule has 0 bridgehead atoms. The van der Waals surface area contributed by atoms with Gasteiger partial charge in [-0.2, -0.15) is 13.2 Å². The standard InChI is InChI=1S/C16H24ClF3N4O2/c17-12-7-21-22-15(26)14(12)24-6-5-23(13(25)9-24)8-10-3-1-2-4-11(10)16(18,19)20/h10-12,14,21H,1-9H2,(H,22,26). The Bertz CT molecular complexity index is 548. The van der Waals surface area contributed by atoms with Crippen LogP contribution in [-0.2, 0) is 9.59 Å². The molecule has 0 aromatic heterocycles. The van der Waals surface area contributed by atoms with Gasteiger partial charge in [-0.1, -0.05) is 12.8 Å². The summed E-state index contributed by atoms with van der Waals surface area (Å²) >= 11 is 6.20. The van der Waals surface area contributed by atoms with Gasteiger partial charge in [0.15, 0.2) is 0 Å². The Balaban J connectivity index is 1.60. The average molecular weight is 397 g/mol. The Kier molecular flexibility index (Phi) is 5.98. The van der Waals surface area contributed by atoms with Gasteiger partial charge in [-0.15, -0.1) is 11.6 Å². The third-order valence-corrected chi connectivity index (χ3v) is 6.04. The summed E-state index contributed by atoms with van der Waals surface area (Å²) in [5.41, 5.74) is 5.20. The van der Waals surface area contributed by atoms with Crippen molar-refractivity contribution in [2.24, 2.45) is 11.8 Å². The fraction of sp³-hybridized carbons (Fsp3) is 0.875. The molecule has 2 amide bonds. The lowest BCUT2D eigenvalue weighted by Crippen LogP contribution is -2.66. The van der Waals surface area contributed by atoms with Crippen LogP contribution in [0.15, 0.2) is 0 Å². The lowest BCUT2D eigenvalue weighted by molar-refractivity contribution is -0.198. The molecule has 4 unspecified atom stereocenters. The molecule has 3 aliphatic rings. The van der Waals surface area contributed by atoms with Gasteiger partial charge in [0.2, 0.25) is 5.91 Å². The molecule has 3 fully saturated rings. The number of hydrogen-bond acceptors (Lipinski definition) is 4. The number of piperazine rings is 1. The van der Waals surface area contributed by atoms with E-state index in [2.05, 4.69) is 10.9 Å². The summed E-state index contributed by atoms with van der Waals surface area (Å²) in [6.07, 6.45) is -2.21. The Morgan fingerprint density at radius 1 is 1.15 bits per heavy atom. The molecule has 0 aromatic rings. The van der Waals surface area contributed by atoms with Crippen LogP contribution in [0.25, 0.3) is 0 Å². The molecule has 0 spiro atoms. The Labute approximate surface area is 155 Å². The average Bonchev–Trinajstić information content (AvgIpc) is 2.56. The number of rotatable bonds is 3. The van der Waals surface area contributed by atoms with Crippen molar-refractivity contribution in [2.75, 3.05) is 32.7 Å². The SMILES string of the molecule is O=C1NNCC(Cl)C1N1CCN(CC2CCCCC2C(F)(F)F)C(=O)C1. The summed E-state index contributed by atoms with van der Waals surface area (Å²) in [6, 6.07) is -0.610. The quantitative estimate of drug-likeness (QED) is 0.701. The number of hydrazine groups is 1. The third kappa shape index (κ3) is 4.26. The van der Waals surface area contributed by atoms with Gasteiger partial charge in [0.25, 0.3) is 5.91 Å². The van der Waals surface area contributed by atoms with Gasteiger partial charge >= 0.3 is 6.18 Å². The van der Waals surface area contributed by atoms with Crippen LogP contribution in [0.3, 0.4) is 0 Å². The monoisotopic (exact) mass is 396 g/mol. The van der Waals surface area contributed by atoms with E-state index >= 15 is 0 Å². The number of hydrogen-bond donors (Lipinski definition) is 2. The van der Waals surface area contributed by atoms with Crippen LogP contribution in [0, 0.1) is 11.8 Å². The van der Waals surface area contributed by atoms with Crippen molar-refractivity contribution in [3.8, 4) is 0 Å². The van der Waals surface area contributed by atoms with Crippen molar-refractivity contribution in [1.82, 2.24) is 20.7 Å². The summed E-state index contributed by atoms with van der Waals surface area (Å²) < 4.78 is 39.8. The van der Waals surface area contributed by atoms with Crippen molar-refractivity contribution < 1.29 is 22.8 Å². The minimum atomic E-state index is -4.21. The molecule has 2 N–H and O–H groups in total. The molecular weight excluding hydrogens is 373 g/mol. The van der Waals surface area contributed by atoms with Crippen molar-refractivity contribution in [2.45, 2.75) is 43.3 Å². The molecule has 1 saturated carbocycles. The number of carbonyl (C=O) groups excluding carboxylic acids is 2. The maximum absolute atomic E-state index is 13.3. The van der Waals surface area contributed by atoms with E-state index in [1.54, 1.807) is 4.90 Å². The van der Waals surface area contributed by atoms with Gasteiger partial charge in [0.05, 0.1) is 17.8 Å². The first-order chi connectivity index (χ1) is 12.3. The van der Waals surface area contributed by atoms with E-state index in [0.717, 1.165) is 6.42 Å². The number of nitrogens with one attached hydrogen (secondary N) is 2. The van der Waals surface area contributed by atoms with Crippen LogP contribution in [0.4, 0.5) is 13.2 Å². The zero-order valence-electron chi connectivity index (χ0n) is 14.4. The van der Waals surface area contributed by atoms with E-state index in [0.29, 0.717) is 32.5 Å². The zero-order valence-corrected chi connectivity index (χ0v) is 15.2. The smallest absolute Gasteiger partial charge is 0.340 e. The molecular formula is C16H24ClF3N4O2. The molecule has 2 aliphatic heterocycles. The van der Waals surface area contributed by atoms with E-state index in [1.807, 2.05) is 0 Å². The predicted molar refractivity (Wildman–Crippen MR) is 89.2 cm³/mol. The maximum Gasteiger partial charge on any atom is 0.392 e. The summed E-state index contributed by atoms with van der Waals surface area (Å²) in [7, 11) is 0. The minimum absolute atomic E-state index is 0.00467. The summed E-state index contributed by atoms with van der Waals surface area (Å²) in [5, 5.41) is -0.462. The van der Waals surface area contributed by atoms with E-state index < -0.39 is 29.4 Å². The second kappa shape index (κ2) is 7.90. The van der Waals surface area contributed by atoms with Gasteiger partial charge in [-0.05, 0) is 18.8 Å². The van der Waals surface area contributed by atoms with Gasteiger partial charge in [-0.25, -0.2) is 5.43 Å². The zero-order chi connectivity index (χ0) is 18.9. The van der Waals surface area contributed by atoms with E-state index in [1.165, 1.54) is 4.90 Å².